The van der Waals surface area contributed by atoms with Crippen molar-refractivity contribution in [3.63, 3.8) is 0 Å². The Morgan fingerprint density at radius 2 is 2.00 bits per heavy atom. The van der Waals surface area contributed by atoms with Crippen LogP contribution in [-0.4, -0.2) is 40.1 Å². The quantitative estimate of drug-likeness (QED) is 0.446. The third kappa shape index (κ3) is 4.43. The number of sulfonamides is 1. The molecule has 2 aromatic carbocycles. The van der Waals surface area contributed by atoms with Crippen LogP contribution in [0.25, 0.3) is 0 Å². The van der Waals surface area contributed by atoms with Crippen LogP contribution in [0.4, 0.5) is 16.0 Å². The van der Waals surface area contributed by atoms with Gasteiger partial charge in [-0.25, -0.2) is 22.8 Å². The number of benzene rings is 2. The van der Waals surface area contributed by atoms with Gasteiger partial charge in [0.05, 0.1) is 21.1 Å². The number of nitrogens with zero attached hydrogens (tertiary/aromatic N) is 4. The Kier molecular flexibility index (Phi) is 5.87. The highest BCUT2D eigenvalue weighted by molar-refractivity contribution is 7.89. The number of anilines is 1. The average molecular weight is 471 g/mol. The van der Waals surface area contributed by atoms with E-state index in [1.807, 2.05) is 0 Å². The van der Waals surface area contributed by atoms with Gasteiger partial charge in [-0.15, -0.1) is 0 Å². The topological polar surface area (TPSA) is 135 Å². The Balaban J connectivity index is 1.55. The molecule has 0 spiro atoms. The molecule has 4 rings (SSSR count). The first-order valence-corrected chi connectivity index (χ1v) is 11.3. The van der Waals surface area contributed by atoms with E-state index in [-0.39, 0.29) is 41.6 Å². The number of hydrogen-bond donors (Lipinski definition) is 1. The molecule has 0 atom stereocenters. The van der Waals surface area contributed by atoms with Crippen molar-refractivity contribution in [1.29, 1.82) is 0 Å². The number of aromatic nitrogens is 2. The van der Waals surface area contributed by atoms with Gasteiger partial charge in [0.1, 0.15) is 5.82 Å². The number of nitro groups is 1. The largest absolute Gasteiger partial charge is 0.290 e. The van der Waals surface area contributed by atoms with E-state index < -0.39 is 26.7 Å². The molecule has 0 bridgehead atoms. The highest BCUT2D eigenvalue weighted by Gasteiger charge is 2.31. The predicted molar refractivity (Wildman–Crippen MR) is 116 cm³/mol. The number of aryl methyl sites for hydroxylation is 1. The van der Waals surface area contributed by atoms with Crippen molar-refractivity contribution in [2.45, 2.75) is 24.8 Å². The summed E-state index contributed by atoms with van der Waals surface area (Å²) in [6.45, 7) is 1.64. The molecule has 0 saturated carbocycles. The second-order valence-electron chi connectivity index (χ2n) is 7.40. The van der Waals surface area contributed by atoms with Gasteiger partial charge >= 0.3 is 0 Å². The van der Waals surface area contributed by atoms with Gasteiger partial charge in [-0.2, -0.15) is 4.31 Å². The van der Waals surface area contributed by atoms with Gasteiger partial charge in [0.25, 0.3) is 11.6 Å². The molecule has 1 aliphatic heterocycles. The average Bonchev–Trinajstić information content (AvgIpc) is 2.78. The molecule has 0 saturated heterocycles. The maximum absolute atomic E-state index is 13.8. The van der Waals surface area contributed by atoms with Crippen LogP contribution in [0.5, 0.6) is 0 Å². The molecule has 1 amide bonds. The summed E-state index contributed by atoms with van der Waals surface area (Å²) in [7, 11) is -4.00. The van der Waals surface area contributed by atoms with Gasteiger partial charge in [-0.3, -0.25) is 20.2 Å². The first-order chi connectivity index (χ1) is 15.7. The summed E-state index contributed by atoms with van der Waals surface area (Å²) in [5, 5.41) is 13.5. The summed E-state index contributed by atoms with van der Waals surface area (Å²) in [4.78, 5) is 30.9. The summed E-state index contributed by atoms with van der Waals surface area (Å²) in [5.41, 5.74) is 1.03. The monoisotopic (exact) mass is 471 g/mol. The minimum Gasteiger partial charge on any atom is -0.290 e. The number of amides is 1. The third-order valence-corrected chi connectivity index (χ3v) is 7.23. The number of nitrogens with one attached hydrogen (secondary N) is 1. The maximum atomic E-state index is 13.8. The summed E-state index contributed by atoms with van der Waals surface area (Å²) in [6.07, 6.45) is 1.65. The summed E-state index contributed by atoms with van der Waals surface area (Å²) < 4.78 is 41.3. The number of hydrogen-bond acceptors (Lipinski definition) is 7. The lowest BCUT2D eigenvalue weighted by Crippen LogP contribution is -2.37. The molecule has 12 heteroatoms. The molecule has 1 N–H and O–H groups in total. The van der Waals surface area contributed by atoms with E-state index in [0.717, 1.165) is 6.07 Å². The fourth-order valence-corrected chi connectivity index (χ4v) is 5.15. The molecule has 0 unspecified atom stereocenters. The molecule has 170 valence electrons. The number of carbonyl (C=O) groups is 1. The number of carbonyl (C=O) groups excluding carboxylic acids is 1. The van der Waals surface area contributed by atoms with Crippen LogP contribution in [0, 0.1) is 22.9 Å². The van der Waals surface area contributed by atoms with Gasteiger partial charge in [-0.05, 0) is 24.6 Å². The minimum absolute atomic E-state index is 0.0205. The van der Waals surface area contributed by atoms with Gasteiger partial charge < -0.3 is 0 Å². The van der Waals surface area contributed by atoms with Crippen LogP contribution in [0.2, 0.25) is 0 Å². The van der Waals surface area contributed by atoms with Crippen LogP contribution in [0.15, 0.2) is 53.6 Å². The van der Waals surface area contributed by atoms with Gasteiger partial charge in [-0.1, -0.05) is 18.2 Å². The molecule has 1 aliphatic rings. The molecule has 10 nitrogen and oxygen atoms in total. The van der Waals surface area contributed by atoms with E-state index in [9.17, 15) is 27.7 Å². The van der Waals surface area contributed by atoms with E-state index in [4.69, 9.17) is 0 Å². The highest BCUT2D eigenvalue weighted by Crippen LogP contribution is 2.28. The van der Waals surface area contributed by atoms with Gasteiger partial charge in [0.2, 0.25) is 16.0 Å². The zero-order valence-electron chi connectivity index (χ0n) is 17.4. The minimum atomic E-state index is -4.00. The van der Waals surface area contributed by atoms with Crippen molar-refractivity contribution in [2.24, 2.45) is 0 Å². The standard InChI is InChI=1S/C21H18FN5O5S/c1-13-6-7-15(27(29)30)10-19(13)33(31,32)26-9-8-18-14(12-26)11-23-21(24-18)25-20(28)16-4-2-3-5-17(16)22/h2-7,10-11H,8-9,12H2,1H3,(H,23,24,25,28). The molecular formula is C21H18FN5O5S. The molecule has 2 heterocycles. The zero-order valence-corrected chi connectivity index (χ0v) is 18.2. The third-order valence-electron chi connectivity index (χ3n) is 5.24. The van der Waals surface area contributed by atoms with Crippen LogP contribution in [-0.2, 0) is 23.0 Å². The molecule has 33 heavy (non-hydrogen) atoms. The second kappa shape index (κ2) is 8.64. The Morgan fingerprint density at radius 3 is 2.73 bits per heavy atom. The Labute approximate surface area is 188 Å². The van der Waals surface area contributed by atoms with Crippen molar-refractivity contribution < 1.29 is 22.5 Å². The van der Waals surface area contributed by atoms with E-state index in [1.165, 1.54) is 46.9 Å². The number of rotatable bonds is 5. The van der Waals surface area contributed by atoms with E-state index in [0.29, 0.717) is 16.8 Å². The molecule has 1 aromatic heterocycles. The van der Waals surface area contributed by atoms with E-state index >= 15 is 0 Å². The lowest BCUT2D eigenvalue weighted by molar-refractivity contribution is -0.385. The number of halogens is 1. The second-order valence-corrected chi connectivity index (χ2v) is 9.30. The fourth-order valence-electron chi connectivity index (χ4n) is 3.49. The zero-order chi connectivity index (χ0) is 23.8. The van der Waals surface area contributed by atoms with Crippen molar-refractivity contribution in [2.75, 3.05) is 11.9 Å². The first-order valence-electron chi connectivity index (χ1n) is 9.82. The highest BCUT2D eigenvalue weighted by atomic mass is 32.2. The van der Waals surface area contributed by atoms with E-state index in [2.05, 4.69) is 15.3 Å². The van der Waals surface area contributed by atoms with Gasteiger partial charge in [0, 0.05) is 43.4 Å². The predicted octanol–water partition coefficient (Wildman–Crippen LogP) is 2.83. The van der Waals surface area contributed by atoms with Crippen molar-refractivity contribution >= 4 is 27.6 Å². The number of nitro benzene ring substituents is 1. The van der Waals surface area contributed by atoms with Crippen molar-refractivity contribution in [3.05, 3.63) is 87.0 Å². The SMILES string of the molecule is Cc1ccc([N+](=O)[O-])cc1S(=O)(=O)N1CCc2nc(NC(=O)c3ccccc3F)ncc2C1. The Morgan fingerprint density at radius 1 is 1.24 bits per heavy atom. The summed E-state index contributed by atoms with van der Waals surface area (Å²) in [5.74, 6) is -1.40. The fraction of sp³-hybridized carbons (Fsp3) is 0.190. The Hall–Kier alpha value is -3.77. The smallest absolute Gasteiger partial charge is 0.270 e. The van der Waals surface area contributed by atoms with Crippen LogP contribution < -0.4 is 5.32 Å². The maximum Gasteiger partial charge on any atom is 0.270 e. The van der Waals surface area contributed by atoms with Crippen LogP contribution >= 0.6 is 0 Å². The number of non-ortho nitro benzene ring substituents is 1. The van der Waals surface area contributed by atoms with E-state index in [1.54, 1.807) is 6.92 Å². The van der Waals surface area contributed by atoms with Gasteiger partial charge in [0.15, 0.2) is 0 Å². The lowest BCUT2D eigenvalue weighted by atomic mass is 10.1. The molecule has 3 aromatic rings. The Bertz CT molecular complexity index is 1380. The summed E-state index contributed by atoms with van der Waals surface area (Å²) in [6, 6.07) is 9.21. The van der Waals surface area contributed by atoms with Crippen LogP contribution in [0.3, 0.4) is 0 Å². The molecule has 0 radical (unpaired) electrons. The normalized spacial score (nSPS) is 13.9. The number of fused-ring (bicyclic) bond motifs is 1. The summed E-state index contributed by atoms with van der Waals surface area (Å²) >= 11 is 0. The van der Waals surface area contributed by atoms with Crippen molar-refractivity contribution in [1.82, 2.24) is 14.3 Å². The van der Waals surface area contributed by atoms with Crippen molar-refractivity contribution in [3.8, 4) is 0 Å². The molecular weight excluding hydrogens is 453 g/mol. The molecule has 0 aliphatic carbocycles. The molecule has 0 fully saturated rings. The first kappa shape index (κ1) is 22.4. The van der Waals surface area contributed by atoms with Crippen LogP contribution in [0.1, 0.15) is 27.2 Å². The lowest BCUT2D eigenvalue weighted by Gasteiger charge is -2.27.